The third-order valence-corrected chi connectivity index (χ3v) is 5.89. The number of rotatable bonds is 6. The summed E-state index contributed by atoms with van der Waals surface area (Å²) in [5.41, 5.74) is 1.33. The molecule has 0 saturated carbocycles. The number of hydrogen-bond acceptors (Lipinski definition) is 6. The zero-order valence-electron chi connectivity index (χ0n) is 18.0. The van der Waals surface area contributed by atoms with E-state index in [0.29, 0.717) is 17.6 Å². The van der Waals surface area contributed by atoms with Crippen LogP contribution in [0.5, 0.6) is 0 Å². The summed E-state index contributed by atoms with van der Waals surface area (Å²) in [6, 6.07) is 10.5. The summed E-state index contributed by atoms with van der Waals surface area (Å²) >= 11 is 0. The Morgan fingerprint density at radius 2 is 1.90 bits per heavy atom. The van der Waals surface area contributed by atoms with Gasteiger partial charge in [-0.05, 0) is 44.6 Å². The fraction of sp³-hybridized carbons (Fsp3) is 0.435. The van der Waals surface area contributed by atoms with E-state index >= 15 is 0 Å². The van der Waals surface area contributed by atoms with E-state index < -0.39 is 0 Å². The van der Waals surface area contributed by atoms with Gasteiger partial charge in [-0.15, -0.1) is 0 Å². The van der Waals surface area contributed by atoms with Gasteiger partial charge in [-0.3, -0.25) is 14.2 Å². The maximum absolute atomic E-state index is 12.9. The lowest BCUT2D eigenvalue weighted by Gasteiger charge is -2.32. The maximum Gasteiger partial charge on any atom is 0.266 e. The van der Waals surface area contributed by atoms with E-state index in [0.717, 1.165) is 32.4 Å². The Labute approximate surface area is 180 Å². The van der Waals surface area contributed by atoms with Crippen molar-refractivity contribution in [2.45, 2.75) is 46.1 Å². The molecule has 162 valence electrons. The topological polar surface area (TPSA) is 94.1 Å². The predicted molar refractivity (Wildman–Crippen MR) is 115 cm³/mol. The lowest BCUT2D eigenvalue weighted by molar-refractivity contribution is -0.132. The third-order valence-electron chi connectivity index (χ3n) is 5.89. The molecule has 8 heteroatoms. The number of aryl methyl sites for hydroxylation is 2. The zero-order chi connectivity index (χ0) is 21.8. The molecule has 1 fully saturated rings. The van der Waals surface area contributed by atoms with Gasteiger partial charge in [-0.1, -0.05) is 35.5 Å². The summed E-state index contributed by atoms with van der Waals surface area (Å²) < 4.78 is 6.62. The highest BCUT2D eigenvalue weighted by atomic mass is 16.5. The molecule has 1 aliphatic heterocycles. The lowest BCUT2D eigenvalue weighted by Crippen LogP contribution is -2.39. The van der Waals surface area contributed by atoms with Crippen molar-refractivity contribution >= 4 is 5.91 Å². The van der Waals surface area contributed by atoms with Gasteiger partial charge < -0.3 is 9.42 Å². The molecule has 1 aliphatic rings. The van der Waals surface area contributed by atoms with Crippen molar-refractivity contribution in [3.63, 3.8) is 0 Å². The first kappa shape index (κ1) is 21.0. The number of piperidine rings is 1. The van der Waals surface area contributed by atoms with Gasteiger partial charge in [0.25, 0.3) is 11.4 Å². The summed E-state index contributed by atoms with van der Waals surface area (Å²) in [5.74, 6) is 1.83. The summed E-state index contributed by atoms with van der Waals surface area (Å²) in [7, 11) is 0. The van der Waals surface area contributed by atoms with Gasteiger partial charge in [0.1, 0.15) is 11.4 Å². The smallest absolute Gasteiger partial charge is 0.266 e. The summed E-state index contributed by atoms with van der Waals surface area (Å²) in [4.78, 5) is 35.9. The SMILES string of the molecule is Cc1noc(-c2cnc(C)n(CCC(=O)N3CCC(Cc4ccccc4)CC3)c2=O)n1. The molecule has 31 heavy (non-hydrogen) atoms. The average molecular weight is 422 g/mol. The van der Waals surface area contributed by atoms with Crippen LogP contribution in [0.15, 0.2) is 45.8 Å². The van der Waals surface area contributed by atoms with Gasteiger partial charge in [-0.25, -0.2) is 4.98 Å². The second-order valence-electron chi connectivity index (χ2n) is 8.09. The second-order valence-corrected chi connectivity index (χ2v) is 8.09. The van der Waals surface area contributed by atoms with Crippen molar-refractivity contribution in [2.24, 2.45) is 5.92 Å². The molecule has 8 nitrogen and oxygen atoms in total. The molecule has 1 amide bonds. The largest absolute Gasteiger partial charge is 0.343 e. The molecular formula is C23H27N5O3. The van der Waals surface area contributed by atoms with Crippen molar-refractivity contribution in [3.8, 4) is 11.5 Å². The maximum atomic E-state index is 12.9. The monoisotopic (exact) mass is 421 g/mol. The Morgan fingerprint density at radius 1 is 1.16 bits per heavy atom. The quantitative estimate of drug-likeness (QED) is 0.607. The first-order chi connectivity index (χ1) is 15.0. The van der Waals surface area contributed by atoms with E-state index in [1.165, 1.54) is 16.3 Å². The predicted octanol–water partition coefficient (Wildman–Crippen LogP) is 2.78. The van der Waals surface area contributed by atoms with Crippen LogP contribution in [-0.2, 0) is 17.8 Å². The molecular weight excluding hydrogens is 394 g/mol. The molecule has 0 radical (unpaired) electrons. The third kappa shape index (κ3) is 4.90. The first-order valence-electron chi connectivity index (χ1n) is 10.7. The second kappa shape index (κ2) is 9.24. The normalized spacial score (nSPS) is 14.7. The number of carbonyl (C=O) groups is 1. The molecule has 3 heterocycles. The van der Waals surface area contributed by atoms with Gasteiger partial charge in [0, 0.05) is 32.3 Å². The van der Waals surface area contributed by atoms with Crippen LogP contribution >= 0.6 is 0 Å². The van der Waals surface area contributed by atoms with Crippen molar-refractivity contribution in [3.05, 3.63) is 64.1 Å². The summed E-state index contributed by atoms with van der Waals surface area (Å²) in [5, 5.41) is 3.73. The average Bonchev–Trinajstić information content (AvgIpc) is 3.20. The number of benzene rings is 1. The number of hydrogen-bond donors (Lipinski definition) is 0. The molecule has 0 N–H and O–H groups in total. The lowest BCUT2D eigenvalue weighted by atomic mass is 9.90. The molecule has 0 spiro atoms. The van der Waals surface area contributed by atoms with Crippen LogP contribution in [-0.4, -0.2) is 43.6 Å². The highest BCUT2D eigenvalue weighted by Crippen LogP contribution is 2.22. The van der Waals surface area contributed by atoms with Crippen LogP contribution in [0.2, 0.25) is 0 Å². The molecule has 0 atom stereocenters. The minimum absolute atomic E-state index is 0.0727. The van der Waals surface area contributed by atoms with E-state index in [4.69, 9.17) is 4.52 Å². The molecule has 2 aromatic heterocycles. The fourth-order valence-electron chi connectivity index (χ4n) is 4.09. The molecule has 1 aromatic carbocycles. The summed E-state index contributed by atoms with van der Waals surface area (Å²) in [6.45, 7) is 5.26. The van der Waals surface area contributed by atoms with Crippen molar-refractivity contribution in [1.29, 1.82) is 0 Å². The minimum atomic E-state index is -0.273. The first-order valence-corrected chi connectivity index (χ1v) is 10.7. The Balaban J connectivity index is 1.34. The molecule has 3 aromatic rings. The van der Waals surface area contributed by atoms with Crippen LogP contribution in [0, 0.1) is 19.8 Å². The molecule has 1 saturated heterocycles. The Hall–Kier alpha value is -3.29. The van der Waals surface area contributed by atoms with Crippen LogP contribution in [0.1, 0.15) is 36.5 Å². The van der Waals surface area contributed by atoms with Crippen molar-refractivity contribution in [2.75, 3.05) is 13.1 Å². The molecule has 4 rings (SSSR count). The van der Waals surface area contributed by atoms with Crippen LogP contribution in [0.3, 0.4) is 0 Å². The van der Waals surface area contributed by atoms with E-state index in [1.807, 2.05) is 11.0 Å². The summed E-state index contributed by atoms with van der Waals surface area (Å²) in [6.07, 6.45) is 4.78. The Morgan fingerprint density at radius 3 is 2.58 bits per heavy atom. The fourth-order valence-corrected chi connectivity index (χ4v) is 4.09. The van der Waals surface area contributed by atoms with E-state index in [1.54, 1.807) is 13.8 Å². The van der Waals surface area contributed by atoms with Crippen molar-refractivity contribution in [1.82, 2.24) is 24.6 Å². The zero-order valence-corrected chi connectivity index (χ0v) is 18.0. The van der Waals surface area contributed by atoms with Crippen molar-refractivity contribution < 1.29 is 9.32 Å². The van der Waals surface area contributed by atoms with Crippen LogP contribution < -0.4 is 5.56 Å². The number of carbonyl (C=O) groups excluding carboxylic acids is 1. The van der Waals surface area contributed by atoms with E-state index in [2.05, 4.69) is 39.4 Å². The van der Waals surface area contributed by atoms with Gasteiger partial charge in [0.15, 0.2) is 5.82 Å². The number of amides is 1. The number of nitrogens with zero attached hydrogens (tertiary/aromatic N) is 5. The van der Waals surface area contributed by atoms with Gasteiger partial charge in [0.05, 0.1) is 0 Å². The number of likely N-dealkylation sites (tertiary alicyclic amines) is 1. The van der Waals surface area contributed by atoms with Crippen LogP contribution in [0.25, 0.3) is 11.5 Å². The molecule has 0 unspecified atom stereocenters. The van der Waals surface area contributed by atoms with Gasteiger partial charge in [0.2, 0.25) is 5.91 Å². The van der Waals surface area contributed by atoms with Gasteiger partial charge >= 0.3 is 0 Å². The minimum Gasteiger partial charge on any atom is -0.343 e. The highest BCUT2D eigenvalue weighted by Gasteiger charge is 2.23. The number of aromatic nitrogens is 4. The standard InChI is InChI=1S/C23H27N5O3/c1-16-25-22(31-26-16)20-15-24-17(2)28(23(20)30)13-10-21(29)27-11-8-19(9-12-27)14-18-6-4-3-5-7-18/h3-7,15,19H,8-14H2,1-2H3. The molecule has 0 bridgehead atoms. The molecule has 0 aliphatic carbocycles. The highest BCUT2D eigenvalue weighted by molar-refractivity contribution is 5.76. The van der Waals surface area contributed by atoms with Gasteiger partial charge in [-0.2, -0.15) is 4.98 Å². The Kier molecular flexibility index (Phi) is 6.25. The Bertz CT molecular complexity index is 1100. The van der Waals surface area contributed by atoms with E-state index in [-0.39, 0.29) is 35.9 Å². The van der Waals surface area contributed by atoms with E-state index in [9.17, 15) is 9.59 Å². The van der Waals surface area contributed by atoms with Crippen LogP contribution in [0.4, 0.5) is 0 Å².